The van der Waals surface area contributed by atoms with Crippen molar-refractivity contribution in [2.24, 2.45) is 0 Å². The highest BCUT2D eigenvalue weighted by Gasteiger charge is 2.34. The molecular weight excluding hydrogens is 319 g/mol. The standard InChI is InChI=1S/C20H19FN2O2/c1-11-7-12(9-13(21)8-11)18-19-15(10-17(23-18)20(24)25-2)14-5-3-4-6-16(14)22-19/h3-9,17-18,22-23H,10H2,1-2H3. The van der Waals surface area contributed by atoms with Crippen LogP contribution < -0.4 is 5.32 Å². The number of carbonyl (C=O) groups is 1. The smallest absolute Gasteiger partial charge is 0.323 e. The van der Waals surface area contributed by atoms with E-state index < -0.39 is 6.04 Å². The third kappa shape index (κ3) is 2.70. The quantitative estimate of drug-likeness (QED) is 0.704. The minimum atomic E-state index is -0.467. The van der Waals surface area contributed by atoms with Gasteiger partial charge in [-0.1, -0.05) is 24.3 Å². The summed E-state index contributed by atoms with van der Waals surface area (Å²) in [5.74, 6) is -0.594. The largest absolute Gasteiger partial charge is 0.468 e. The minimum absolute atomic E-state index is 0.283. The normalized spacial score (nSPS) is 19.6. The molecule has 0 saturated heterocycles. The van der Waals surface area contributed by atoms with E-state index in [0.29, 0.717) is 6.42 Å². The number of aromatic amines is 1. The molecule has 4 nitrogen and oxygen atoms in total. The Labute approximate surface area is 145 Å². The second kappa shape index (κ2) is 6.01. The first-order valence-corrected chi connectivity index (χ1v) is 8.27. The Morgan fingerprint density at radius 2 is 2.04 bits per heavy atom. The van der Waals surface area contributed by atoms with Crippen LogP contribution in [0.4, 0.5) is 4.39 Å². The van der Waals surface area contributed by atoms with Gasteiger partial charge < -0.3 is 9.72 Å². The number of aryl methyl sites for hydroxylation is 1. The maximum Gasteiger partial charge on any atom is 0.323 e. The van der Waals surface area contributed by atoms with Gasteiger partial charge in [0.15, 0.2) is 0 Å². The van der Waals surface area contributed by atoms with Gasteiger partial charge in [0.05, 0.1) is 13.2 Å². The highest BCUT2D eigenvalue weighted by atomic mass is 19.1. The molecule has 0 bridgehead atoms. The van der Waals surface area contributed by atoms with Crippen LogP contribution in [0.25, 0.3) is 10.9 Å². The van der Waals surface area contributed by atoms with Crippen molar-refractivity contribution in [2.45, 2.75) is 25.4 Å². The van der Waals surface area contributed by atoms with E-state index in [1.54, 1.807) is 0 Å². The van der Waals surface area contributed by atoms with Crippen LogP contribution in [0.15, 0.2) is 42.5 Å². The van der Waals surface area contributed by atoms with Crippen molar-refractivity contribution >= 4 is 16.9 Å². The lowest BCUT2D eigenvalue weighted by Gasteiger charge is -2.30. The molecule has 2 aromatic carbocycles. The molecule has 0 radical (unpaired) electrons. The molecule has 2 unspecified atom stereocenters. The van der Waals surface area contributed by atoms with Crippen molar-refractivity contribution in [3.8, 4) is 0 Å². The molecule has 2 atom stereocenters. The number of ether oxygens (including phenoxy) is 1. The minimum Gasteiger partial charge on any atom is -0.468 e. The maximum absolute atomic E-state index is 14.0. The number of carbonyl (C=O) groups excluding carboxylic acids is 1. The SMILES string of the molecule is COC(=O)C1Cc2c([nH]c3ccccc23)C(c2cc(C)cc(F)c2)N1. The number of esters is 1. The van der Waals surface area contributed by atoms with E-state index in [-0.39, 0.29) is 17.8 Å². The van der Waals surface area contributed by atoms with Gasteiger partial charge in [0.25, 0.3) is 0 Å². The summed E-state index contributed by atoms with van der Waals surface area (Å²) in [6.07, 6.45) is 0.539. The number of nitrogens with one attached hydrogen (secondary N) is 2. The summed E-state index contributed by atoms with van der Waals surface area (Å²) in [6, 6.07) is 12.2. The fraction of sp³-hybridized carbons (Fsp3) is 0.250. The molecule has 1 aromatic heterocycles. The summed E-state index contributed by atoms with van der Waals surface area (Å²) >= 11 is 0. The molecule has 1 aliphatic heterocycles. The summed E-state index contributed by atoms with van der Waals surface area (Å²) in [6.45, 7) is 1.86. The van der Waals surface area contributed by atoms with Crippen molar-refractivity contribution in [3.63, 3.8) is 0 Å². The molecule has 2 heterocycles. The maximum atomic E-state index is 14.0. The van der Waals surface area contributed by atoms with Gasteiger partial charge in [-0.25, -0.2) is 4.39 Å². The third-order valence-corrected chi connectivity index (χ3v) is 4.79. The second-order valence-electron chi connectivity index (χ2n) is 6.50. The van der Waals surface area contributed by atoms with Crippen LogP contribution in [0.3, 0.4) is 0 Å². The van der Waals surface area contributed by atoms with Crippen molar-refractivity contribution in [3.05, 3.63) is 70.7 Å². The number of para-hydroxylation sites is 1. The highest BCUT2D eigenvalue weighted by molar-refractivity contribution is 5.87. The Morgan fingerprint density at radius 1 is 1.24 bits per heavy atom. The Balaban J connectivity index is 1.90. The first-order valence-electron chi connectivity index (χ1n) is 8.27. The summed E-state index contributed by atoms with van der Waals surface area (Å²) in [5, 5.41) is 4.41. The van der Waals surface area contributed by atoms with E-state index >= 15 is 0 Å². The van der Waals surface area contributed by atoms with Crippen LogP contribution >= 0.6 is 0 Å². The number of methoxy groups -OCH3 is 1. The van der Waals surface area contributed by atoms with Gasteiger partial charge >= 0.3 is 5.97 Å². The third-order valence-electron chi connectivity index (χ3n) is 4.79. The lowest BCUT2D eigenvalue weighted by molar-refractivity contribution is -0.143. The Morgan fingerprint density at radius 3 is 2.80 bits per heavy atom. The highest BCUT2D eigenvalue weighted by Crippen LogP contribution is 2.35. The predicted molar refractivity (Wildman–Crippen MR) is 93.9 cm³/mol. The lowest BCUT2D eigenvalue weighted by Crippen LogP contribution is -2.45. The van der Waals surface area contributed by atoms with Gasteiger partial charge in [0.2, 0.25) is 0 Å². The molecule has 0 fully saturated rings. The number of hydrogen-bond donors (Lipinski definition) is 2. The van der Waals surface area contributed by atoms with Gasteiger partial charge in [-0.3, -0.25) is 10.1 Å². The topological polar surface area (TPSA) is 54.1 Å². The first-order chi connectivity index (χ1) is 12.1. The van der Waals surface area contributed by atoms with Crippen molar-refractivity contribution in [1.82, 2.24) is 10.3 Å². The molecule has 1 aliphatic rings. The van der Waals surface area contributed by atoms with Crippen LogP contribution in [-0.4, -0.2) is 24.1 Å². The van der Waals surface area contributed by atoms with E-state index in [1.807, 2.05) is 37.3 Å². The molecule has 0 saturated carbocycles. The number of fused-ring (bicyclic) bond motifs is 3. The number of rotatable bonds is 2. The lowest BCUT2D eigenvalue weighted by atomic mass is 9.90. The van der Waals surface area contributed by atoms with Crippen molar-refractivity contribution < 1.29 is 13.9 Å². The van der Waals surface area contributed by atoms with E-state index in [9.17, 15) is 9.18 Å². The monoisotopic (exact) mass is 338 g/mol. The zero-order valence-electron chi connectivity index (χ0n) is 14.1. The van der Waals surface area contributed by atoms with Crippen molar-refractivity contribution in [2.75, 3.05) is 7.11 Å². The number of aromatic nitrogens is 1. The van der Waals surface area contributed by atoms with Gasteiger partial charge in [-0.2, -0.15) is 0 Å². The molecule has 5 heteroatoms. The molecule has 25 heavy (non-hydrogen) atoms. The summed E-state index contributed by atoms with van der Waals surface area (Å²) in [4.78, 5) is 15.6. The second-order valence-corrected chi connectivity index (χ2v) is 6.50. The number of hydrogen-bond acceptors (Lipinski definition) is 3. The molecule has 2 N–H and O–H groups in total. The van der Waals surface area contributed by atoms with Gasteiger partial charge in [0, 0.05) is 23.0 Å². The zero-order valence-corrected chi connectivity index (χ0v) is 14.1. The van der Waals surface area contributed by atoms with Crippen molar-refractivity contribution in [1.29, 1.82) is 0 Å². The number of benzene rings is 2. The van der Waals surface area contributed by atoms with Crippen LogP contribution in [-0.2, 0) is 16.0 Å². The summed E-state index contributed by atoms with van der Waals surface area (Å²) in [7, 11) is 1.39. The van der Waals surface area contributed by atoms with E-state index in [0.717, 1.165) is 33.3 Å². The Hall–Kier alpha value is -2.66. The predicted octanol–water partition coefficient (Wildman–Crippen LogP) is 3.39. The first kappa shape index (κ1) is 15.8. The molecule has 128 valence electrons. The van der Waals surface area contributed by atoms with E-state index in [2.05, 4.69) is 10.3 Å². The van der Waals surface area contributed by atoms with E-state index in [1.165, 1.54) is 19.2 Å². The molecule has 0 aliphatic carbocycles. The fourth-order valence-electron chi connectivity index (χ4n) is 3.72. The summed E-state index contributed by atoms with van der Waals surface area (Å²) < 4.78 is 18.9. The Bertz CT molecular complexity index is 943. The van der Waals surface area contributed by atoms with Crippen LogP contribution in [0, 0.1) is 12.7 Å². The van der Waals surface area contributed by atoms with Gasteiger partial charge in [0.1, 0.15) is 11.9 Å². The van der Waals surface area contributed by atoms with Crippen LogP contribution in [0.1, 0.15) is 28.4 Å². The molecule has 0 spiro atoms. The molecule has 4 rings (SSSR count). The molecular formula is C20H19FN2O2. The van der Waals surface area contributed by atoms with Crippen LogP contribution in [0.5, 0.6) is 0 Å². The van der Waals surface area contributed by atoms with Gasteiger partial charge in [-0.05, 0) is 41.8 Å². The zero-order chi connectivity index (χ0) is 17.6. The average molecular weight is 338 g/mol. The van der Waals surface area contributed by atoms with E-state index in [4.69, 9.17) is 4.74 Å². The number of H-pyrrole nitrogens is 1. The fourth-order valence-corrected chi connectivity index (χ4v) is 3.72. The van der Waals surface area contributed by atoms with Crippen LogP contribution in [0.2, 0.25) is 0 Å². The summed E-state index contributed by atoms with van der Waals surface area (Å²) in [5.41, 5.74) is 4.70. The number of halogens is 1. The average Bonchev–Trinajstić information content (AvgIpc) is 2.98. The Kier molecular flexibility index (Phi) is 3.81. The molecule has 3 aromatic rings. The molecule has 0 amide bonds. The van der Waals surface area contributed by atoms with Gasteiger partial charge in [-0.15, -0.1) is 0 Å².